The molecule has 0 saturated heterocycles. The van der Waals surface area contributed by atoms with Crippen LogP contribution in [0.15, 0.2) is 100 Å². The van der Waals surface area contributed by atoms with Crippen LogP contribution in [0.3, 0.4) is 0 Å². The predicted octanol–water partition coefficient (Wildman–Crippen LogP) is 7.24. The van der Waals surface area contributed by atoms with Crippen LogP contribution in [0.25, 0.3) is 34.4 Å². The van der Waals surface area contributed by atoms with Crippen molar-refractivity contribution in [2.45, 2.75) is 6.61 Å². The Kier molecular flexibility index (Phi) is 7.64. The van der Waals surface area contributed by atoms with Crippen molar-refractivity contribution in [3.05, 3.63) is 118 Å². The molecule has 0 atom stereocenters. The normalized spacial score (nSPS) is 11.1. The van der Waals surface area contributed by atoms with Crippen LogP contribution in [0.1, 0.15) is 16.7 Å². The molecule has 4 aromatic carbocycles. The fourth-order valence-corrected chi connectivity index (χ4v) is 4.27. The SMILES string of the molecule is COc1cc(/C=C/c2ccc(OCc3ccccc3)cc2)c(-c2cc(=O)c3cc(OC)ccc3o2)c(OC)c1. The molecule has 196 valence electrons. The molecule has 0 aliphatic rings. The number of hydrogen-bond donors (Lipinski definition) is 0. The van der Waals surface area contributed by atoms with Crippen LogP contribution >= 0.6 is 0 Å². The van der Waals surface area contributed by atoms with Gasteiger partial charge in [-0.3, -0.25) is 4.79 Å². The molecule has 0 spiro atoms. The molecule has 39 heavy (non-hydrogen) atoms. The molecule has 0 saturated carbocycles. The van der Waals surface area contributed by atoms with E-state index in [1.165, 1.54) is 6.07 Å². The molecule has 1 heterocycles. The highest BCUT2D eigenvalue weighted by atomic mass is 16.5. The first-order chi connectivity index (χ1) is 19.1. The first-order valence-electron chi connectivity index (χ1n) is 12.4. The Morgan fingerprint density at radius 2 is 1.46 bits per heavy atom. The molecule has 0 amide bonds. The summed E-state index contributed by atoms with van der Waals surface area (Å²) in [4.78, 5) is 13.0. The van der Waals surface area contributed by atoms with E-state index >= 15 is 0 Å². The van der Waals surface area contributed by atoms with Gasteiger partial charge in [0.25, 0.3) is 0 Å². The Morgan fingerprint density at radius 3 is 2.18 bits per heavy atom. The summed E-state index contributed by atoms with van der Waals surface area (Å²) in [6.45, 7) is 0.507. The molecule has 0 N–H and O–H groups in total. The van der Waals surface area contributed by atoms with Gasteiger partial charge in [-0.25, -0.2) is 0 Å². The molecule has 0 unspecified atom stereocenters. The summed E-state index contributed by atoms with van der Waals surface area (Å²) in [6, 6.07) is 28.2. The Balaban J connectivity index is 1.48. The summed E-state index contributed by atoms with van der Waals surface area (Å²) in [5.74, 6) is 2.91. The van der Waals surface area contributed by atoms with Gasteiger partial charge in [-0.1, -0.05) is 54.6 Å². The van der Waals surface area contributed by atoms with Crippen molar-refractivity contribution >= 4 is 23.1 Å². The number of hydrogen-bond acceptors (Lipinski definition) is 6. The highest BCUT2D eigenvalue weighted by Gasteiger charge is 2.17. The molecule has 6 nitrogen and oxygen atoms in total. The zero-order chi connectivity index (χ0) is 27.2. The van der Waals surface area contributed by atoms with Crippen LogP contribution in [-0.4, -0.2) is 21.3 Å². The molecule has 0 radical (unpaired) electrons. The number of methoxy groups -OCH3 is 3. The zero-order valence-electron chi connectivity index (χ0n) is 22.0. The van der Waals surface area contributed by atoms with Crippen LogP contribution in [0.2, 0.25) is 0 Å². The maximum atomic E-state index is 13.0. The summed E-state index contributed by atoms with van der Waals surface area (Å²) in [5, 5.41) is 0.442. The van der Waals surface area contributed by atoms with Crippen molar-refractivity contribution in [3.63, 3.8) is 0 Å². The summed E-state index contributed by atoms with van der Waals surface area (Å²) in [6.07, 6.45) is 3.92. The minimum absolute atomic E-state index is 0.177. The molecule has 5 rings (SSSR count). The first-order valence-corrected chi connectivity index (χ1v) is 12.4. The lowest BCUT2D eigenvalue weighted by Crippen LogP contribution is -2.02. The summed E-state index contributed by atoms with van der Waals surface area (Å²) >= 11 is 0. The standard InChI is InChI=1S/C33H28O6/c1-35-26-15-16-30-28(18-26)29(34)20-32(39-30)33-24(17-27(36-2)19-31(33)37-3)12-9-22-10-13-25(14-11-22)38-21-23-7-5-4-6-8-23/h4-20H,21H2,1-3H3/b12-9+. The van der Waals surface area contributed by atoms with Crippen molar-refractivity contribution in [1.82, 2.24) is 0 Å². The largest absolute Gasteiger partial charge is 0.497 e. The summed E-state index contributed by atoms with van der Waals surface area (Å²) < 4.78 is 28.5. The van der Waals surface area contributed by atoms with Crippen LogP contribution in [0, 0.1) is 0 Å². The monoisotopic (exact) mass is 520 g/mol. The average Bonchev–Trinajstić information content (AvgIpc) is 2.99. The summed E-state index contributed by atoms with van der Waals surface area (Å²) in [5.41, 5.74) is 3.78. The number of fused-ring (bicyclic) bond motifs is 1. The fourth-order valence-electron chi connectivity index (χ4n) is 4.27. The molecular formula is C33H28O6. The maximum absolute atomic E-state index is 13.0. The van der Waals surface area contributed by atoms with Crippen molar-refractivity contribution in [3.8, 4) is 34.3 Å². The molecule has 1 aromatic heterocycles. The minimum atomic E-state index is -0.177. The Morgan fingerprint density at radius 1 is 0.718 bits per heavy atom. The van der Waals surface area contributed by atoms with Gasteiger partial charge in [0.15, 0.2) is 5.43 Å². The lowest BCUT2D eigenvalue weighted by Gasteiger charge is -2.14. The molecule has 0 aliphatic heterocycles. The van der Waals surface area contributed by atoms with Gasteiger partial charge in [0.1, 0.15) is 40.9 Å². The van der Waals surface area contributed by atoms with E-state index in [2.05, 4.69) is 0 Å². The number of benzene rings is 4. The molecular weight excluding hydrogens is 492 g/mol. The van der Waals surface area contributed by atoms with Crippen molar-refractivity contribution in [2.24, 2.45) is 0 Å². The van der Waals surface area contributed by atoms with Crippen molar-refractivity contribution in [1.29, 1.82) is 0 Å². The van der Waals surface area contributed by atoms with E-state index in [1.807, 2.05) is 72.8 Å². The second-order valence-corrected chi connectivity index (χ2v) is 8.81. The zero-order valence-corrected chi connectivity index (χ0v) is 22.0. The molecule has 0 fully saturated rings. The summed E-state index contributed by atoms with van der Waals surface area (Å²) in [7, 11) is 4.73. The third-order valence-electron chi connectivity index (χ3n) is 6.33. The van der Waals surface area contributed by atoms with E-state index in [1.54, 1.807) is 45.6 Å². The molecule has 6 heteroatoms. The third-order valence-corrected chi connectivity index (χ3v) is 6.33. The van der Waals surface area contributed by atoms with E-state index in [0.717, 1.165) is 22.4 Å². The van der Waals surface area contributed by atoms with Crippen molar-refractivity contribution < 1.29 is 23.4 Å². The van der Waals surface area contributed by atoms with E-state index < -0.39 is 0 Å². The van der Waals surface area contributed by atoms with Gasteiger partial charge in [-0.05, 0) is 53.1 Å². The molecule has 0 bridgehead atoms. The maximum Gasteiger partial charge on any atom is 0.193 e. The highest BCUT2D eigenvalue weighted by Crippen LogP contribution is 2.39. The van der Waals surface area contributed by atoms with Crippen LogP contribution in [0.4, 0.5) is 0 Å². The van der Waals surface area contributed by atoms with Crippen LogP contribution < -0.4 is 24.4 Å². The lowest BCUT2D eigenvalue weighted by atomic mass is 10.0. The Bertz CT molecular complexity index is 1670. The second-order valence-electron chi connectivity index (χ2n) is 8.81. The van der Waals surface area contributed by atoms with Gasteiger partial charge < -0.3 is 23.4 Å². The third kappa shape index (κ3) is 5.80. The van der Waals surface area contributed by atoms with Gasteiger partial charge in [0.05, 0.1) is 32.3 Å². The van der Waals surface area contributed by atoms with Gasteiger partial charge >= 0.3 is 0 Å². The van der Waals surface area contributed by atoms with Crippen LogP contribution in [-0.2, 0) is 6.61 Å². The van der Waals surface area contributed by atoms with Gasteiger partial charge in [0.2, 0.25) is 0 Å². The van der Waals surface area contributed by atoms with Gasteiger partial charge in [-0.15, -0.1) is 0 Å². The molecule has 0 aliphatic carbocycles. The number of rotatable bonds is 9. The van der Waals surface area contributed by atoms with E-state index in [9.17, 15) is 4.79 Å². The quantitative estimate of drug-likeness (QED) is 0.191. The lowest BCUT2D eigenvalue weighted by molar-refractivity contribution is 0.306. The topological polar surface area (TPSA) is 67.1 Å². The highest BCUT2D eigenvalue weighted by molar-refractivity contribution is 5.86. The van der Waals surface area contributed by atoms with Crippen LogP contribution in [0.5, 0.6) is 23.0 Å². The van der Waals surface area contributed by atoms with Gasteiger partial charge in [0, 0.05) is 12.1 Å². The van der Waals surface area contributed by atoms with E-state index in [-0.39, 0.29) is 5.43 Å². The van der Waals surface area contributed by atoms with E-state index in [0.29, 0.717) is 46.1 Å². The average molecular weight is 521 g/mol. The molecule has 5 aromatic rings. The van der Waals surface area contributed by atoms with Crippen molar-refractivity contribution in [2.75, 3.05) is 21.3 Å². The van der Waals surface area contributed by atoms with E-state index in [4.69, 9.17) is 23.4 Å². The first kappa shape index (κ1) is 25.7. The predicted molar refractivity (Wildman–Crippen MR) is 154 cm³/mol. The Labute approximate surface area is 226 Å². The fraction of sp³-hybridized carbons (Fsp3) is 0.121. The Hall–Kier alpha value is -4.97. The minimum Gasteiger partial charge on any atom is -0.497 e. The number of ether oxygens (including phenoxy) is 4. The van der Waals surface area contributed by atoms with Gasteiger partial charge in [-0.2, -0.15) is 0 Å². The second kappa shape index (κ2) is 11.6. The smallest absolute Gasteiger partial charge is 0.193 e.